The van der Waals surface area contributed by atoms with Gasteiger partial charge in [-0.2, -0.15) is 0 Å². The van der Waals surface area contributed by atoms with Crippen molar-refractivity contribution in [1.82, 2.24) is 4.90 Å². The second-order valence-electron chi connectivity index (χ2n) is 11.1. The van der Waals surface area contributed by atoms with E-state index in [2.05, 4.69) is 24.5 Å². The maximum atomic E-state index is 13.5. The van der Waals surface area contributed by atoms with Gasteiger partial charge in [-0.15, -0.1) is 0 Å². The number of carboxylic acid groups (broad SMARTS) is 1. The summed E-state index contributed by atoms with van der Waals surface area (Å²) in [4.78, 5) is 50.5. The summed E-state index contributed by atoms with van der Waals surface area (Å²) in [6, 6.07) is 15.1. The second-order valence-corrected chi connectivity index (χ2v) is 11.1. The molecule has 0 radical (unpaired) electrons. The molecule has 0 saturated carbocycles. The number of nitrogens with zero attached hydrogens (tertiary/aromatic N) is 2. The number of urea groups is 1. The number of nitro benzene ring substituents is 1. The molecule has 1 fully saturated rings. The lowest BCUT2D eigenvalue weighted by Crippen LogP contribution is -2.40. The SMILES string of the molecule is CCC(C)c1cc(CC(=O)N2CCCC2COc2ccc(C(=O)O)c(C)c2[N+](=O)[O-])ccc1NC(=O)Nc1ccccc1C. The number of aryl methyl sites for hydroxylation is 1. The normalized spacial score (nSPS) is 15.0. The molecule has 3 aromatic rings. The van der Waals surface area contributed by atoms with E-state index in [1.54, 1.807) is 4.90 Å². The summed E-state index contributed by atoms with van der Waals surface area (Å²) in [5, 5.41) is 26.9. The first-order chi connectivity index (χ1) is 21.0. The molecular weight excluding hydrogens is 564 g/mol. The molecule has 232 valence electrons. The van der Waals surface area contributed by atoms with Crippen molar-refractivity contribution in [3.05, 3.63) is 92.5 Å². The van der Waals surface area contributed by atoms with Crippen LogP contribution >= 0.6 is 0 Å². The van der Waals surface area contributed by atoms with E-state index in [-0.39, 0.29) is 59.5 Å². The van der Waals surface area contributed by atoms with Crippen molar-refractivity contribution < 1.29 is 29.2 Å². The molecule has 1 aliphatic heterocycles. The lowest BCUT2D eigenvalue weighted by atomic mass is 9.94. The van der Waals surface area contributed by atoms with Gasteiger partial charge in [0.1, 0.15) is 6.61 Å². The molecule has 1 aliphatic rings. The zero-order valence-electron chi connectivity index (χ0n) is 25.4. The fourth-order valence-corrected chi connectivity index (χ4v) is 5.50. The van der Waals surface area contributed by atoms with Crippen LogP contribution in [0.3, 0.4) is 0 Å². The molecule has 11 heteroatoms. The van der Waals surface area contributed by atoms with Gasteiger partial charge in [-0.25, -0.2) is 9.59 Å². The summed E-state index contributed by atoms with van der Waals surface area (Å²) in [5.74, 6) is -1.23. The van der Waals surface area contributed by atoms with Gasteiger partial charge in [-0.3, -0.25) is 14.9 Å². The Balaban J connectivity index is 1.45. The van der Waals surface area contributed by atoms with Crippen molar-refractivity contribution in [2.45, 2.75) is 65.3 Å². The largest absolute Gasteiger partial charge is 0.485 e. The lowest BCUT2D eigenvalue weighted by Gasteiger charge is -2.25. The quantitative estimate of drug-likeness (QED) is 0.164. The van der Waals surface area contributed by atoms with Crippen LogP contribution in [0.1, 0.15) is 71.6 Å². The predicted octanol–water partition coefficient (Wildman–Crippen LogP) is 6.68. The molecule has 11 nitrogen and oxygen atoms in total. The Bertz CT molecular complexity index is 1570. The predicted molar refractivity (Wildman–Crippen MR) is 168 cm³/mol. The van der Waals surface area contributed by atoms with Gasteiger partial charge in [0.15, 0.2) is 5.75 Å². The molecule has 2 unspecified atom stereocenters. The molecule has 3 aromatic carbocycles. The Morgan fingerprint density at radius 1 is 1.09 bits per heavy atom. The Morgan fingerprint density at radius 2 is 1.82 bits per heavy atom. The molecule has 4 rings (SSSR count). The highest BCUT2D eigenvalue weighted by molar-refractivity contribution is 6.00. The minimum Gasteiger partial charge on any atom is -0.485 e. The Morgan fingerprint density at radius 3 is 2.50 bits per heavy atom. The molecule has 44 heavy (non-hydrogen) atoms. The number of anilines is 2. The maximum Gasteiger partial charge on any atom is 0.336 e. The van der Waals surface area contributed by atoms with Crippen LogP contribution in [0.4, 0.5) is 21.9 Å². The van der Waals surface area contributed by atoms with Gasteiger partial charge in [0, 0.05) is 23.5 Å². The van der Waals surface area contributed by atoms with Gasteiger partial charge in [-0.1, -0.05) is 44.2 Å². The second kappa shape index (κ2) is 14.0. The summed E-state index contributed by atoms with van der Waals surface area (Å²) in [6.07, 6.45) is 2.46. The molecule has 2 atom stereocenters. The van der Waals surface area contributed by atoms with Crippen molar-refractivity contribution in [3.8, 4) is 5.75 Å². The number of hydrogen-bond donors (Lipinski definition) is 3. The maximum absolute atomic E-state index is 13.5. The fraction of sp³-hybridized carbons (Fsp3) is 0.364. The van der Waals surface area contributed by atoms with Crippen LogP contribution in [0.5, 0.6) is 5.75 Å². The third kappa shape index (κ3) is 7.34. The number of para-hydroxylation sites is 1. The molecule has 3 amide bonds. The van der Waals surface area contributed by atoms with E-state index in [9.17, 15) is 29.6 Å². The average molecular weight is 603 g/mol. The summed E-state index contributed by atoms with van der Waals surface area (Å²) in [6.45, 7) is 8.04. The number of ether oxygens (including phenoxy) is 1. The van der Waals surface area contributed by atoms with Crippen LogP contribution in [-0.2, 0) is 11.2 Å². The number of amides is 3. The molecule has 0 aromatic heterocycles. The van der Waals surface area contributed by atoms with Gasteiger partial charge in [0.2, 0.25) is 5.91 Å². The number of aromatic carboxylic acids is 1. The van der Waals surface area contributed by atoms with Crippen molar-refractivity contribution in [3.63, 3.8) is 0 Å². The number of nitro groups is 1. The smallest absolute Gasteiger partial charge is 0.336 e. The zero-order chi connectivity index (χ0) is 32.0. The third-order valence-electron chi connectivity index (χ3n) is 8.19. The standard InChI is InChI=1S/C33H38N4O7/c1-5-20(2)26-17-23(12-14-28(26)35-33(41)34-27-11-7-6-9-21(27)3)18-30(38)36-16-8-10-24(36)19-44-29-15-13-25(32(39)40)22(4)31(29)37(42)43/h6-7,9,11-15,17,20,24H,5,8,10,16,18-19H2,1-4H3,(H,39,40)(H2,34,35,41). The van der Waals surface area contributed by atoms with Crippen LogP contribution in [-0.4, -0.2) is 52.0 Å². The minimum absolute atomic E-state index is 0.0158. The van der Waals surface area contributed by atoms with E-state index < -0.39 is 10.9 Å². The topological polar surface area (TPSA) is 151 Å². The van der Waals surface area contributed by atoms with Crippen molar-refractivity contribution in [2.24, 2.45) is 0 Å². The fourth-order valence-electron chi connectivity index (χ4n) is 5.50. The number of likely N-dealkylation sites (tertiary alicyclic amines) is 1. The molecule has 1 heterocycles. The first-order valence-corrected chi connectivity index (χ1v) is 14.7. The van der Waals surface area contributed by atoms with Crippen LogP contribution in [0, 0.1) is 24.0 Å². The van der Waals surface area contributed by atoms with E-state index in [0.717, 1.165) is 35.2 Å². The van der Waals surface area contributed by atoms with E-state index in [4.69, 9.17) is 4.74 Å². The molecule has 0 bridgehead atoms. The number of nitrogens with one attached hydrogen (secondary N) is 2. The van der Waals surface area contributed by atoms with E-state index >= 15 is 0 Å². The summed E-state index contributed by atoms with van der Waals surface area (Å²) >= 11 is 0. The zero-order valence-corrected chi connectivity index (χ0v) is 25.4. The highest BCUT2D eigenvalue weighted by atomic mass is 16.6. The molecule has 1 saturated heterocycles. The van der Waals surface area contributed by atoms with Crippen molar-refractivity contribution in [1.29, 1.82) is 0 Å². The highest BCUT2D eigenvalue weighted by Gasteiger charge is 2.31. The van der Waals surface area contributed by atoms with Crippen LogP contribution in [0.2, 0.25) is 0 Å². The van der Waals surface area contributed by atoms with Gasteiger partial charge in [0.05, 0.1) is 22.9 Å². The Hall–Kier alpha value is -4.93. The van der Waals surface area contributed by atoms with Crippen molar-refractivity contribution in [2.75, 3.05) is 23.8 Å². The number of hydrogen-bond acceptors (Lipinski definition) is 6. The molecule has 3 N–H and O–H groups in total. The summed E-state index contributed by atoms with van der Waals surface area (Å²) < 4.78 is 5.82. The summed E-state index contributed by atoms with van der Waals surface area (Å²) in [7, 11) is 0. The van der Waals surface area contributed by atoms with Gasteiger partial charge in [0.25, 0.3) is 0 Å². The van der Waals surface area contributed by atoms with Gasteiger partial charge in [-0.05, 0) is 80.0 Å². The first kappa shape index (κ1) is 32.0. The highest BCUT2D eigenvalue weighted by Crippen LogP contribution is 2.34. The summed E-state index contributed by atoms with van der Waals surface area (Å²) in [5.41, 5.74) is 3.58. The van der Waals surface area contributed by atoms with Crippen LogP contribution < -0.4 is 15.4 Å². The number of benzene rings is 3. The monoisotopic (exact) mass is 602 g/mol. The van der Waals surface area contributed by atoms with Crippen LogP contribution in [0.25, 0.3) is 0 Å². The number of carbonyl (C=O) groups excluding carboxylic acids is 2. The number of carbonyl (C=O) groups is 3. The number of rotatable bonds is 11. The lowest BCUT2D eigenvalue weighted by molar-refractivity contribution is -0.386. The molecule has 0 spiro atoms. The van der Waals surface area contributed by atoms with E-state index in [0.29, 0.717) is 18.7 Å². The number of carboxylic acids is 1. The van der Waals surface area contributed by atoms with Gasteiger partial charge < -0.3 is 25.4 Å². The van der Waals surface area contributed by atoms with Gasteiger partial charge >= 0.3 is 17.7 Å². The van der Waals surface area contributed by atoms with Crippen molar-refractivity contribution >= 4 is 35.0 Å². The van der Waals surface area contributed by atoms with E-state index in [1.807, 2.05) is 49.4 Å². The first-order valence-electron chi connectivity index (χ1n) is 14.7. The third-order valence-corrected chi connectivity index (χ3v) is 8.19. The average Bonchev–Trinajstić information content (AvgIpc) is 3.46. The molecule has 0 aliphatic carbocycles. The molecular formula is C33H38N4O7. The minimum atomic E-state index is -1.25. The Labute approximate surface area is 256 Å². The van der Waals surface area contributed by atoms with Crippen LogP contribution in [0.15, 0.2) is 54.6 Å². The van der Waals surface area contributed by atoms with E-state index in [1.165, 1.54) is 19.1 Å². The Kier molecular flexibility index (Phi) is 10.2.